The second kappa shape index (κ2) is 3.60. The fraction of sp³-hybridized carbons (Fsp3) is 0.333. The SMILES string of the molecule is O=[N+]([O-])CCc1cnccn1. The molecule has 11 heavy (non-hydrogen) atoms. The zero-order valence-corrected chi connectivity index (χ0v) is 5.80. The zero-order valence-electron chi connectivity index (χ0n) is 5.80. The van der Waals surface area contributed by atoms with Crippen LogP contribution in [0.5, 0.6) is 0 Å². The van der Waals surface area contributed by atoms with Crippen molar-refractivity contribution in [3.63, 3.8) is 0 Å². The molecule has 0 saturated heterocycles. The first-order valence-electron chi connectivity index (χ1n) is 3.16. The van der Waals surface area contributed by atoms with Gasteiger partial charge in [-0.3, -0.25) is 20.1 Å². The molecular formula is C6H7N3O2. The van der Waals surface area contributed by atoms with Crippen LogP contribution in [0, 0.1) is 10.1 Å². The Bertz CT molecular complexity index is 237. The Morgan fingerprint density at radius 2 is 2.36 bits per heavy atom. The van der Waals surface area contributed by atoms with Gasteiger partial charge in [0, 0.05) is 23.5 Å². The Labute approximate surface area is 63.3 Å². The zero-order chi connectivity index (χ0) is 8.10. The molecule has 5 heteroatoms. The average Bonchev–Trinajstić information content (AvgIpc) is 2.03. The van der Waals surface area contributed by atoms with Gasteiger partial charge in [-0.2, -0.15) is 0 Å². The average molecular weight is 153 g/mol. The molecule has 58 valence electrons. The summed E-state index contributed by atoms with van der Waals surface area (Å²) in [6.45, 7) is -0.0846. The maximum absolute atomic E-state index is 9.93. The summed E-state index contributed by atoms with van der Waals surface area (Å²) in [6.07, 6.45) is 4.94. The first-order valence-corrected chi connectivity index (χ1v) is 3.16. The lowest BCUT2D eigenvalue weighted by molar-refractivity contribution is -0.479. The van der Waals surface area contributed by atoms with Crippen molar-refractivity contribution >= 4 is 0 Å². The van der Waals surface area contributed by atoms with Crippen LogP contribution >= 0.6 is 0 Å². The minimum atomic E-state index is -0.366. The third-order valence-corrected chi connectivity index (χ3v) is 1.17. The third-order valence-electron chi connectivity index (χ3n) is 1.17. The minimum Gasteiger partial charge on any atom is -0.265 e. The third kappa shape index (κ3) is 2.70. The molecule has 1 heterocycles. The van der Waals surface area contributed by atoms with Crippen LogP contribution in [-0.4, -0.2) is 21.4 Å². The molecule has 0 aliphatic heterocycles. The summed E-state index contributed by atoms with van der Waals surface area (Å²) in [6, 6.07) is 0. The Morgan fingerprint density at radius 1 is 1.55 bits per heavy atom. The number of aromatic nitrogens is 2. The van der Waals surface area contributed by atoms with Crippen LogP contribution in [0.25, 0.3) is 0 Å². The fourth-order valence-electron chi connectivity index (χ4n) is 0.665. The standard InChI is InChI=1S/C6H7N3O2/c10-9(11)4-1-6-5-7-2-3-8-6/h2-3,5H,1,4H2. The number of hydrogen-bond donors (Lipinski definition) is 0. The number of nitrogens with zero attached hydrogens (tertiary/aromatic N) is 3. The molecule has 0 radical (unpaired) electrons. The largest absolute Gasteiger partial charge is 0.265 e. The highest BCUT2D eigenvalue weighted by atomic mass is 16.6. The molecule has 0 bridgehead atoms. The van der Waals surface area contributed by atoms with E-state index in [-0.39, 0.29) is 11.5 Å². The van der Waals surface area contributed by atoms with Crippen LogP contribution in [0.1, 0.15) is 5.69 Å². The van der Waals surface area contributed by atoms with Crippen molar-refractivity contribution in [3.05, 3.63) is 34.4 Å². The van der Waals surface area contributed by atoms with E-state index in [1.807, 2.05) is 0 Å². The predicted molar refractivity (Wildman–Crippen MR) is 37.6 cm³/mol. The van der Waals surface area contributed by atoms with E-state index in [2.05, 4.69) is 9.97 Å². The van der Waals surface area contributed by atoms with Crippen molar-refractivity contribution in [1.29, 1.82) is 0 Å². The summed E-state index contributed by atoms with van der Waals surface area (Å²) in [5.41, 5.74) is 0.657. The lowest BCUT2D eigenvalue weighted by Crippen LogP contribution is -2.05. The van der Waals surface area contributed by atoms with Gasteiger partial charge in [-0.1, -0.05) is 0 Å². The van der Waals surface area contributed by atoms with E-state index in [0.717, 1.165) is 0 Å². The van der Waals surface area contributed by atoms with Gasteiger partial charge in [0.15, 0.2) is 0 Å². The molecule has 1 aromatic heterocycles. The quantitative estimate of drug-likeness (QED) is 0.462. The molecule has 0 aliphatic rings. The van der Waals surface area contributed by atoms with E-state index < -0.39 is 0 Å². The van der Waals surface area contributed by atoms with Crippen LogP contribution in [0.4, 0.5) is 0 Å². The van der Waals surface area contributed by atoms with Crippen LogP contribution in [-0.2, 0) is 6.42 Å². The van der Waals surface area contributed by atoms with Gasteiger partial charge in [-0.25, -0.2) is 0 Å². The summed E-state index contributed by atoms with van der Waals surface area (Å²) in [5.74, 6) is 0. The van der Waals surface area contributed by atoms with Gasteiger partial charge in [0.05, 0.1) is 12.1 Å². The van der Waals surface area contributed by atoms with Crippen molar-refractivity contribution in [1.82, 2.24) is 9.97 Å². The topological polar surface area (TPSA) is 68.9 Å². The summed E-state index contributed by atoms with van der Waals surface area (Å²) in [4.78, 5) is 17.2. The lowest BCUT2D eigenvalue weighted by Gasteiger charge is -1.92. The Kier molecular flexibility index (Phi) is 2.48. The minimum absolute atomic E-state index is 0.0846. The van der Waals surface area contributed by atoms with E-state index >= 15 is 0 Å². The van der Waals surface area contributed by atoms with Gasteiger partial charge < -0.3 is 0 Å². The molecule has 1 rings (SSSR count). The normalized spacial score (nSPS) is 9.45. The maximum Gasteiger partial charge on any atom is 0.209 e. The van der Waals surface area contributed by atoms with E-state index in [9.17, 15) is 10.1 Å². The van der Waals surface area contributed by atoms with Crippen molar-refractivity contribution in [2.75, 3.05) is 6.54 Å². The van der Waals surface area contributed by atoms with Crippen molar-refractivity contribution < 1.29 is 4.92 Å². The fourth-order valence-corrected chi connectivity index (χ4v) is 0.665. The maximum atomic E-state index is 9.93. The van der Waals surface area contributed by atoms with E-state index in [0.29, 0.717) is 12.1 Å². The van der Waals surface area contributed by atoms with Gasteiger partial charge in [0.25, 0.3) is 0 Å². The van der Waals surface area contributed by atoms with Gasteiger partial charge >= 0.3 is 0 Å². The van der Waals surface area contributed by atoms with E-state index in [4.69, 9.17) is 0 Å². The van der Waals surface area contributed by atoms with Crippen LogP contribution in [0.2, 0.25) is 0 Å². The van der Waals surface area contributed by atoms with Crippen LogP contribution in [0.3, 0.4) is 0 Å². The Morgan fingerprint density at radius 3 is 2.91 bits per heavy atom. The van der Waals surface area contributed by atoms with E-state index in [1.54, 1.807) is 0 Å². The second-order valence-corrected chi connectivity index (χ2v) is 2.00. The molecule has 0 atom stereocenters. The van der Waals surface area contributed by atoms with Gasteiger partial charge in [-0.15, -0.1) is 0 Å². The van der Waals surface area contributed by atoms with Gasteiger partial charge in [-0.05, 0) is 0 Å². The smallest absolute Gasteiger partial charge is 0.209 e. The van der Waals surface area contributed by atoms with Crippen LogP contribution in [0.15, 0.2) is 18.6 Å². The predicted octanol–water partition coefficient (Wildman–Crippen LogP) is 0.296. The molecule has 0 unspecified atom stereocenters. The van der Waals surface area contributed by atoms with Gasteiger partial charge in [0.1, 0.15) is 0 Å². The first-order chi connectivity index (χ1) is 5.29. The molecule has 0 fully saturated rings. The number of hydrogen-bond acceptors (Lipinski definition) is 4. The van der Waals surface area contributed by atoms with Crippen molar-refractivity contribution in [2.24, 2.45) is 0 Å². The highest BCUT2D eigenvalue weighted by Crippen LogP contribution is 1.90. The summed E-state index contributed by atoms with van der Waals surface area (Å²) < 4.78 is 0. The first kappa shape index (κ1) is 7.59. The number of nitro groups is 1. The van der Waals surface area contributed by atoms with Crippen LogP contribution < -0.4 is 0 Å². The molecule has 1 aromatic rings. The number of rotatable bonds is 3. The second-order valence-electron chi connectivity index (χ2n) is 2.00. The summed E-state index contributed by atoms with van der Waals surface area (Å²) in [5, 5.41) is 9.93. The van der Waals surface area contributed by atoms with Gasteiger partial charge in [0.2, 0.25) is 6.54 Å². The molecule has 0 aliphatic carbocycles. The highest BCUT2D eigenvalue weighted by molar-refractivity contribution is 4.93. The molecule has 0 aromatic carbocycles. The summed E-state index contributed by atoms with van der Waals surface area (Å²) in [7, 11) is 0. The van der Waals surface area contributed by atoms with Crippen molar-refractivity contribution in [2.45, 2.75) is 6.42 Å². The molecule has 0 N–H and O–H groups in total. The Hall–Kier alpha value is -1.52. The molecule has 0 spiro atoms. The molecule has 0 amide bonds. The lowest BCUT2D eigenvalue weighted by atomic mass is 10.3. The highest BCUT2D eigenvalue weighted by Gasteiger charge is 1.99. The van der Waals surface area contributed by atoms with Crippen molar-refractivity contribution in [3.8, 4) is 0 Å². The van der Waals surface area contributed by atoms with E-state index in [1.165, 1.54) is 18.6 Å². The molecular weight excluding hydrogens is 146 g/mol. The summed E-state index contributed by atoms with van der Waals surface area (Å²) >= 11 is 0. The monoisotopic (exact) mass is 153 g/mol. The Balaban J connectivity index is 2.45. The molecule has 0 saturated carbocycles. The molecule has 5 nitrogen and oxygen atoms in total.